The summed E-state index contributed by atoms with van der Waals surface area (Å²) in [5.74, 6) is -0.522. The second-order valence-corrected chi connectivity index (χ2v) is 20.7. The van der Waals surface area contributed by atoms with E-state index in [9.17, 15) is 28.3 Å². The molecule has 2 aromatic heterocycles. The number of phosphoric acid groups is 1. The first-order chi connectivity index (χ1) is 27.5. The van der Waals surface area contributed by atoms with Crippen LogP contribution in [0.25, 0.3) is 21.8 Å². The van der Waals surface area contributed by atoms with Gasteiger partial charge in [-0.15, -0.1) is 0 Å². The third-order valence-electron chi connectivity index (χ3n) is 9.84. The summed E-state index contributed by atoms with van der Waals surface area (Å²) < 4.78 is 51.0. The lowest BCUT2D eigenvalue weighted by Gasteiger charge is -2.24. The molecule has 4 aromatic rings. The predicted molar refractivity (Wildman–Crippen MR) is 224 cm³/mol. The average molecular weight is 947 g/mol. The van der Waals surface area contributed by atoms with Gasteiger partial charge in [0.2, 0.25) is 0 Å². The second-order valence-electron chi connectivity index (χ2n) is 14.7. The fraction of sp³-hybridized carbons (Fsp3) is 0.514. The van der Waals surface area contributed by atoms with Crippen LogP contribution in [0.2, 0.25) is 10.0 Å². The van der Waals surface area contributed by atoms with Crippen molar-refractivity contribution >= 4 is 87.7 Å². The number of aromatic nitrogens is 4. The Morgan fingerprint density at radius 2 is 1.41 bits per heavy atom. The molecule has 2 aliphatic heterocycles. The Morgan fingerprint density at radius 3 is 2.00 bits per heavy atom. The Labute approximate surface area is 352 Å². The van der Waals surface area contributed by atoms with Crippen molar-refractivity contribution in [3.8, 4) is 0 Å². The molecular weight excluding hydrogens is 901 g/mol. The van der Waals surface area contributed by atoms with E-state index < -0.39 is 50.6 Å². The van der Waals surface area contributed by atoms with Crippen LogP contribution in [0.3, 0.4) is 0 Å². The molecule has 6 rings (SSSR count). The highest BCUT2D eigenvalue weighted by atomic mass is 79.9. The number of hydrogen-bond acceptors (Lipinski definition) is 14. The first-order valence-corrected chi connectivity index (χ1v) is 24.3. The maximum Gasteiger partial charge on any atom is 0.475 e. The summed E-state index contributed by atoms with van der Waals surface area (Å²) in [4.78, 5) is 62.1. The van der Waals surface area contributed by atoms with Crippen LogP contribution >= 0.6 is 54.3 Å². The van der Waals surface area contributed by atoms with E-state index in [-0.39, 0.29) is 67.5 Å². The van der Waals surface area contributed by atoms with Gasteiger partial charge < -0.3 is 15.2 Å². The van der Waals surface area contributed by atoms with Crippen LogP contribution in [0.1, 0.15) is 45.1 Å². The molecule has 0 spiro atoms. The minimum Gasteiger partial charge on any atom is -0.324 e. The van der Waals surface area contributed by atoms with E-state index in [1.807, 2.05) is 0 Å². The number of Topliss-reactive ketones (excluding diaryl/α,β-unsaturated/α-hetero) is 2. The number of carbonyl (C=O) groups is 2. The van der Waals surface area contributed by atoms with Crippen molar-refractivity contribution < 1.29 is 36.8 Å². The predicted octanol–water partition coefficient (Wildman–Crippen LogP) is 5.92. The molecule has 5 atom stereocenters. The smallest absolute Gasteiger partial charge is 0.324 e. The van der Waals surface area contributed by atoms with Gasteiger partial charge in [0.15, 0.2) is 18.9 Å². The van der Waals surface area contributed by atoms with Crippen LogP contribution < -0.4 is 21.8 Å². The maximum atomic E-state index is 13.6. The Hall–Kier alpha value is -2.66. The van der Waals surface area contributed by atoms with Crippen molar-refractivity contribution in [2.24, 2.45) is 0 Å². The molecule has 2 aromatic carbocycles. The van der Waals surface area contributed by atoms with Crippen molar-refractivity contribution in [3.63, 3.8) is 0 Å². The number of carbonyl (C=O) groups excluding carboxylic acids is 2. The SMILES string of the molecule is CCOP(=O)(OCC)OC1CCNC1CC(=O)Cn1cnc2cc(CC3CC(OP(C)(C)=O)C(CC(=O)Cn4cnc5cc(Br)c(Cl)cc5c4=O)N3)c(Cl)cc2c1=O. The monoisotopic (exact) mass is 944 g/mol. The van der Waals surface area contributed by atoms with Crippen LogP contribution in [0.5, 0.6) is 0 Å². The van der Waals surface area contributed by atoms with Gasteiger partial charge in [-0.1, -0.05) is 23.2 Å². The highest BCUT2D eigenvalue weighted by molar-refractivity contribution is 9.10. The van der Waals surface area contributed by atoms with Gasteiger partial charge in [-0.2, -0.15) is 0 Å². The average Bonchev–Trinajstić information content (AvgIpc) is 3.72. The quantitative estimate of drug-likeness (QED) is 0.112. The second kappa shape index (κ2) is 18.9. The molecule has 21 heteroatoms. The number of nitrogens with zero attached hydrogens (tertiary/aromatic N) is 4. The Balaban J connectivity index is 1.11. The number of hydrogen-bond donors (Lipinski definition) is 2. The summed E-state index contributed by atoms with van der Waals surface area (Å²) in [6.07, 6.45) is 2.78. The van der Waals surface area contributed by atoms with Gasteiger partial charge in [-0.05, 0) is 85.4 Å². The Bertz CT molecular complexity index is 2420. The molecule has 314 valence electrons. The van der Waals surface area contributed by atoms with Crippen molar-refractivity contribution in [2.75, 3.05) is 33.1 Å². The standard InChI is InChI=1S/C37H45BrCl2N6O10P2/c1-5-53-58(52,54-6-2)56-34-7-8-41-32(34)12-23(47)17-45-19-42-30-10-21(28(39)14-25(30)36(45)49)9-22-11-35(55-57(3,4)51)33(44-22)13-24(48)18-46-20-43-31-16-27(38)29(40)15-26(31)37(46)50/h10,14-16,19-20,22,32-35,41,44H,5-9,11-13,17-18H2,1-4H3. The molecule has 5 unspecified atom stereocenters. The number of ketones is 2. The minimum atomic E-state index is -3.79. The van der Waals surface area contributed by atoms with Crippen LogP contribution in [0, 0.1) is 0 Å². The molecule has 0 saturated carbocycles. The molecule has 4 heterocycles. The van der Waals surface area contributed by atoms with Gasteiger partial charge in [0.05, 0.1) is 78.0 Å². The fourth-order valence-corrected chi connectivity index (χ4v) is 10.4. The van der Waals surface area contributed by atoms with Crippen molar-refractivity contribution in [1.29, 1.82) is 0 Å². The number of fused-ring (bicyclic) bond motifs is 2. The van der Waals surface area contributed by atoms with Gasteiger partial charge in [0, 0.05) is 53.8 Å². The number of benzene rings is 2. The van der Waals surface area contributed by atoms with E-state index >= 15 is 0 Å². The topological polar surface area (TPSA) is 199 Å². The van der Waals surface area contributed by atoms with Gasteiger partial charge >= 0.3 is 7.82 Å². The summed E-state index contributed by atoms with van der Waals surface area (Å²) in [7, 11) is -6.76. The maximum absolute atomic E-state index is 13.6. The lowest BCUT2D eigenvalue weighted by atomic mass is 10.0. The molecule has 0 aliphatic carbocycles. The van der Waals surface area contributed by atoms with E-state index in [2.05, 4.69) is 36.5 Å². The van der Waals surface area contributed by atoms with Gasteiger partial charge in [0.25, 0.3) is 11.1 Å². The normalized spacial score (nSPS) is 21.3. The summed E-state index contributed by atoms with van der Waals surface area (Å²) in [5.41, 5.74) is 0.656. The van der Waals surface area contributed by atoms with Crippen LogP contribution in [-0.2, 0) is 56.3 Å². The van der Waals surface area contributed by atoms with Crippen molar-refractivity contribution in [2.45, 2.75) is 89.4 Å². The molecule has 58 heavy (non-hydrogen) atoms. The van der Waals surface area contributed by atoms with E-state index in [1.54, 1.807) is 26.0 Å². The summed E-state index contributed by atoms with van der Waals surface area (Å²) in [5, 5.41) is 7.81. The third-order valence-corrected chi connectivity index (χ3v) is 13.8. The summed E-state index contributed by atoms with van der Waals surface area (Å²) in [6.45, 7) is 6.72. The summed E-state index contributed by atoms with van der Waals surface area (Å²) >= 11 is 16.3. The molecule has 0 amide bonds. The molecule has 2 fully saturated rings. The first-order valence-electron chi connectivity index (χ1n) is 18.8. The van der Waals surface area contributed by atoms with E-state index in [1.165, 1.54) is 47.3 Å². The molecule has 2 N–H and O–H groups in total. The zero-order valence-electron chi connectivity index (χ0n) is 32.3. The van der Waals surface area contributed by atoms with Crippen molar-refractivity contribution in [3.05, 3.63) is 77.7 Å². The number of nitrogens with one attached hydrogen (secondary N) is 2. The van der Waals surface area contributed by atoms with Gasteiger partial charge in [-0.3, -0.25) is 46.4 Å². The highest BCUT2D eigenvalue weighted by Gasteiger charge is 2.39. The fourth-order valence-electron chi connectivity index (χ4n) is 7.37. The molecule has 0 bridgehead atoms. The molecular formula is C37H45BrCl2N6O10P2. The van der Waals surface area contributed by atoms with Gasteiger partial charge in [-0.25, -0.2) is 14.5 Å². The third kappa shape index (κ3) is 11.0. The highest BCUT2D eigenvalue weighted by Crippen LogP contribution is 2.51. The number of halogens is 3. The Kier molecular flexibility index (Phi) is 14.7. The zero-order valence-corrected chi connectivity index (χ0v) is 37.2. The zero-order chi connectivity index (χ0) is 41.9. The van der Waals surface area contributed by atoms with Crippen LogP contribution in [-0.4, -0.2) is 94.1 Å². The van der Waals surface area contributed by atoms with E-state index in [0.717, 1.165) is 0 Å². The Morgan fingerprint density at radius 1 is 0.845 bits per heavy atom. The number of phosphoric ester groups is 1. The van der Waals surface area contributed by atoms with Crippen molar-refractivity contribution in [1.82, 2.24) is 29.7 Å². The van der Waals surface area contributed by atoms with Gasteiger partial charge in [0.1, 0.15) is 0 Å². The van der Waals surface area contributed by atoms with E-state index in [4.69, 9.17) is 41.3 Å². The van der Waals surface area contributed by atoms with Crippen LogP contribution in [0.4, 0.5) is 0 Å². The molecule has 0 radical (unpaired) electrons. The lowest BCUT2D eigenvalue weighted by molar-refractivity contribution is -0.121. The van der Waals surface area contributed by atoms with E-state index in [0.29, 0.717) is 56.9 Å². The molecule has 2 saturated heterocycles. The summed E-state index contributed by atoms with van der Waals surface area (Å²) in [6, 6.07) is 5.18. The first kappa shape index (κ1) is 44.9. The lowest BCUT2D eigenvalue weighted by Crippen LogP contribution is -2.38. The number of rotatable bonds is 18. The molecule has 16 nitrogen and oxygen atoms in total. The largest absolute Gasteiger partial charge is 0.475 e. The molecule has 2 aliphatic rings. The minimum absolute atomic E-state index is 0.0101. The van der Waals surface area contributed by atoms with Crippen LogP contribution in [0.15, 0.2) is 51.0 Å².